The molecule has 23 heavy (non-hydrogen) atoms. The number of rotatable bonds is 4. The molecule has 0 saturated carbocycles. The van der Waals surface area contributed by atoms with Gasteiger partial charge in [0.2, 0.25) is 0 Å². The van der Waals surface area contributed by atoms with Crippen LogP contribution in [0.25, 0.3) is 0 Å². The van der Waals surface area contributed by atoms with Gasteiger partial charge in [-0.05, 0) is 18.2 Å². The number of nitro groups is 1. The molecule has 0 atom stereocenters. The van der Waals surface area contributed by atoms with Crippen LogP contribution in [0, 0.1) is 10.1 Å². The molecular weight excluding hydrogens is 316 g/mol. The van der Waals surface area contributed by atoms with Crippen molar-refractivity contribution in [3.05, 3.63) is 63.7 Å². The van der Waals surface area contributed by atoms with E-state index in [4.69, 9.17) is 16.3 Å². The highest BCUT2D eigenvalue weighted by atomic mass is 35.5. The Kier molecular flexibility index (Phi) is 4.67. The molecule has 2 aromatic carbocycles. The van der Waals surface area contributed by atoms with Crippen LogP contribution in [-0.2, 0) is 0 Å². The van der Waals surface area contributed by atoms with E-state index >= 15 is 0 Å². The fraction of sp³-hybridized carbons (Fsp3) is 0.294. The number of para-hydroxylation sites is 3. The minimum atomic E-state index is -0.332. The normalized spacial score (nSPS) is 15.4. The summed E-state index contributed by atoms with van der Waals surface area (Å²) in [5.41, 5.74) is 0.826. The predicted octanol–water partition coefficient (Wildman–Crippen LogP) is 4.30. The molecule has 3 rings (SSSR count). The predicted molar refractivity (Wildman–Crippen MR) is 90.4 cm³/mol. The van der Waals surface area contributed by atoms with E-state index in [9.17, 15) is 10.1 Å². The summed E-state index contributed by atoms with van der Waals surface area (Å²) in [6.45, 7) is 1.44. The number of ether oxygens (including phenoxy) is 1. The van der Waals surface area contributed by atoms with Crippen molar-refractivity contribution >= 4 is 23.0 Å². The number of hydrogen-bond donors (Lipinski definition) is 0. The third-order valence-electron chi connectivity index (χ3n) is 3.99. The molecule has 0 spiro atoms. The maximum Gasteiger partial charge on any atom is 0.292 e. The van der Waals surface area contributed by atoms with Gasteiger partial charge in [0, 0.05) is 32.0 Å². The minimum absolute atomic E-state index is 0.0777. The van der Waals surface area contributed by atoms with Crippen molar-refractivity contribution in [2.45, 2.75) is 18.9 Å². The Balaban J connectivity index is 1.65. The Hall–Kier alpha value is -2.27. The second kappa shape index (κ2) is 6.87. The van der Waals surface area contributed by atoms with Crippen molar-refractivity contribution in [1.82, 2.24) is 0 Å². The molecule has 0 unspecified atom stereocenters. The maximum absolute atomic E-state index is 11.1. The van der Waals surface area contributed by atoms with Gasteiger partial charge in [0.05, 0.1) is 9.95 Å². The Bertz CT molecular complexity index is 700. The number of halogens is 1. The second-order valence-electron chi connectivity index (χ2n) is 5.48. The molecule has 1 saturated heterocycles. The Morgan fingerprint density at radius 2 is 1.74 bits per heavy atom. The summed E-state index contributed by atoms with van der Waals surface area (Å²) in [6.07, 6.45) is 1.68. The summed E-state index contributed by atoms with van der Waals surface area (Å²) in [4.78, 5) is 12.9. The average molecular weight is 333 g/mol. The van der Waals surface area contributed by atoms with Gasteiger partial charge in [-0.1, -0.05) is 35.9 Å². The lowest BCUT2D eigenvalue weighted by atomic mass is 10.1. The van der Waals surface area contributed by atoms with Crippen molar-refractivity contribution in [3.63, 3.8) is 0 Å². The first-order valence-corrected chi connectivity index (χ1v) is 7.92. The SMILES string of the molecule is O=[N+]([O-])c1ccccc1N1CCC(Oc2ccccc2Cl)CC1. The molecule has 0 bridgehead atoms. The van der Waals surface area contributed by atoms with E-state index in [0.717, 1.165) is 25.9 Å². The van der Waals surface area contributed by atoms with Gasteiger partial charge in [-0.2, -0.15) is 0 Å². The third-order valence-corrected chi connectivity index (χ3v) is 4.30. The van der Waals surface area contributed by atoms with Crippen LogP contribution >= 0.6 is 11.6 Å². The highest BCUT2D eigenvalue weighted by Gasteiger charge is 2.25. The smallest absolute Gasteiger partial charge is 0.292 e. The highest BCUT2D eigenvalue weighted by Crippen LogP contribution is 2.31. The summed E-state index contributed by atoms with van der Waals surface area (Å²) >= 11 is 6.11. The van der Waals surface area contributed by atoms with E-state index in [0.29, 0.717) is 16.5 Å². The van der Waals surface area contributed by atoms with Crippen LogP contribution in [-0.4, -0.2) is 24.1 Å². The summed E-state index contributed by atoms with van der Waals surface area (Å²) in [5.74, 6) is 0.693. The lowest BCUT2D eigenvalue weighted by Crippen LogP contribution is -2.38. The molecule has 2 aromatic rings. The van der Waals surface area contributed by atoms with Crippen molar-refractivity contribution in [2.24, 2.45) is 0 Å². The van der Waals surface area contributed by atoms with Gasteiger partial charge >= 0.3 is 0 Å². The maximum atomic E-state index is 11.1. The van der Waals surface area contributed by atoms with Crippen molar-refractivity contribution in [2.75, 3.05) is 18.0 Å². The van der Waals surface area contributed by atoms with Gasteiger partial charge in [0.25, 0.3) is 5.69 Å². The quantitative estimate of drug-likeness (QED) is 0.619. The molecule has 0 aromatic heterocycles. The highest BCUT2D eigenvalue weighted by molar-refractivity contribution is 6.32. The van der Waals surface area contributed by atoms with Crippen molar-refractivity contribution in [1.29, 1.82) is 0 Å². The van der Waals surface area contributed by atoms with Crippen molar-refractivity contribution in [3.8, 4) is 5.75 Å². The van der Waals surface area contributed by atoms with E-state index in [1.54, 1.807) is 24.3 Å². The van der Waals surface area contributed by atoms with Gasteiger partial charge in [-0.3, -0.25) is 10.1 Å². The Labute approximate surface area is 139 Å². The van der Waals surface area contributed by atoms with Crippen LogP contribution in [0.2, 0.25) is 5.02 Å². The Morgan fingerprint density at radius 1 is 1.09 bits per heavy atom. The molecule has 5 nitrogen and oxygen atoms in total. The van der Waals surface area contributed by atoms with Gasteiger partial charge in [0.15, 0.2) is 0 Å². The fourth-order valence-electron chi connectivity index (χ4n) is 2.82. The molecule has 1 aliphatic rings. The van der Waals surface area contributed by atoms with Crippen LogP contribution in [0.3, 0.4) is 0 Å². The van der Waals surface area contributed by atoms with Crippen molar-refractivity contribution < 1.29 is 9.66 Å². The number of anilines is 1. The molecule has 0 aliphatic carbocycles. The molecule has 0 N–H and O–H groups in total. The molecule has 1 fully saturated rings. The number of nitrogens with zero attached hydrogens (tertiary/aromatic N) is 2. The van der Waals surface area contributed by atoms with Crippen LogP contribution < -0.4 is 9.64 Å². The summed E-state index contributed by atoms with van der Waals surface area (Å²) < 4.78 is 5.96. The molecule has 0 amide bonds. The topological polar surface area (TPSA) is 55.6 Å². The zero-order chi connectivity index (χ0) is 16.2. The van der Waals surface area contributed by atoms with E-state index < -0.39 is 0 Å². The van der Waals surface area contributed by atoms with E-state index in [1.807, 2.05) is 29.2 Å². The number of hydrogen-bond acceptors (Lipinski definition) is 4. The largest absolute Gasteiger partial charge is 0.489 e. The van der Waals surface area contributed by atoms with Gasteiger partial charge in [-0.15, -0.1) is 0 Å². The lowest BCUT2D eigenvalue weighted by molar-refractivity contribution is -0.384. The zero-order valence-electron chi connectivity index (χ0n) is 12.5. The summed E-state index contributed by atoms with van der Waals surface area (Å²) in [5, 5.41) is 11.8. The number of benzene rings is 2. The van der Waals surface area contributed by atoms with Gasteiger partial charge in [0.1, 0.15) is 17.5 Å². The average Bonchev–Trinajstić information content (AvgIpc) is 2.58. The van der Waals surface area contributed by atoms with E-state index in [-0.39, 0.29) is 16.7 Å². The van der Waals surface area contributed by atoms with Crippen LogP contribution in [0.5, 0.6) is 5.75 Å². The zero-order valence-corrected chi connectivity index (χ0v) is 13.3. The molecule has 0 radical (unpaired) electrons. The first-order valence-electron chi connectivity index (χ1n) is 7.54. The molecule has 1 heterocycles. The minimum Gasteiger partial charge on any atom is -0.489 e. The third kappa shape index (κ3) is 3.56. The second-order valence-corrected chi connectivity index (χ2v) is 5.89. The number of piperidine rings is 1. The molecule has 120 valence electrons. The van der Waals surface area contributed by atoms with E-state index in [1.165, 1.54) is 0 Å². The van der Waals surface area contributed by atoms with Crippen LogP contribution in [0.15, 0.2) is 48.5 Å². The fourth-order valence-corrected chi connectivity index (χ4v) is 3.00. The first-order chi connectivity index (χ1) is 11.1. The first kappa shape index (κ1) is 15.6. The molecule has 6 heteroatoms. The standard InChI is InChI=1S/C17H17ClN2O3/c18-14-5-1-4-8-17(14)23-13-9-11-19(12-10-13)15-6-2-3-7-16(15)20(21)22/h1-8,13H,9-12H2. The lowest BCUT2D eigenvalue weighted by Gasteiger charge is -2.33. The summed E-state index contributed by atoms with van der Waals surface area (Å²) in [7, 11) is 0. The molecular formula is C17H17ClN2O3. The Morgan fingerprint density at radius 3 is 2.43 bits per heavy atom. The molecule has 1 aliphatic heterocycles. The number of nitro benzene ring substituents is 1. The van der Waals surface area contributed by atoms with E-state index in [2.05, 4.69) is 0 Å². The van der Waals surface area contributed by atoms with Gasteiger partial charge in [-0.25, -0.2) is 0 Å². The summed E-state index contributed by atoms with van der Waals surface area (Å²) in [6, 6.07) is 14.3. The monoisotopic (exact) mass is 332 g/mol. The van der Waals surface area contributed by atoms with Gasteiger partial charge < -0.3 is 9.64 Å². The van der Waals surface area contributed by atoms with Crippen LogP contribution in [0.4, 0.5) is 11.4 Å². The van der Waals surface area contributed by atoms with Crippen LogP contribution in [0.1, 0.15) is 12.8 Å².